The molecule has 1 aromatic rings. The van der Waals surface area contributed by atoms with Gasteiger partial charge in [-0.05, 0) is 32.4 Å². The van der Waals surface area contributed by atoms with E-state index in [4.69, 9.17) is 10.00 Å². The van der Waals surface area contributed by atoms with Crippen LogP contribution in [0.15, 0.2) is 24.3 Å². The van der Waals surface area contributed by atoms with E-state index < -0.39 is 5.41 Å². The van der Waals surface area contributed by atoms with Crippen LogP contribution in [-0.4, -0.2) is 6.61 Å². The van der Waals surface area contributed by atoms with E-state index >= 15 is 0 Å². The lowest BCUT2D eigenvalue weighted by molar-refractivity contribution is 0.226. The van der Waals surface area contributed by atoms with Crippen molar-refractivity contribution in [3.8, 4) is 11.8 Å². The lowest BCUT2D eigenvalue weighted by Gasteiger charge is -2.17. The fourth-order valence-corrected chi connectivity index (χ4v) is 1.01. The summed E-state index contributed by atoms with van der Waals surface area (Å²) >= 11 is 0. The zero-order chi connectivity index (χ0) is 10.6. The van der Waals surface area contributed by atoms with Gasteiger partial charge in [-0.3, -0.25) is 0 Å². The Kier molecular flexibility index (Phi) is 3.14. The topological polar surface area (TPSA) is 33.0 Å². The summed E-state index contributed by atoms with van der Waals surface area (Å²) in [6.45, 7) is 6.15. The summed E-state index contributed by atoms with van der Waals surface area (Å²) in [6, 6.07) is 10.0. The Labute approximate surface area is 85.1 Å². The van der Waals surface area contributed by atoms with Crippen molar-refractivity contribution >= 4 is 0 Å². The Balaban J connectivity index is 2.64. The standard InChI is InChI=1S/C12H15NO/c1-10-6-4-5-7-11(10)14-9-12(2,3)8-13/h4-7H,9H2,1-3H3. The first-order chi connectivity index (χ1) is 6.55. The van der Waals surface area contributed by atoms with E-state index in [0.717, 1.165) is 11.3 Å². The van der Waals surface area contributed by atoms with Crippen molar-refractivity contribution in [1.82, 2.24) is 0 Å². The summed E-state index contributed by atoms with van der Waals surface area (Å²) in [7, 11) is 0. The summed E-state index contributed by atoms with van der Waals surface area (Å²) in [5, 5.41) is 8.81. The van der Waals surface area contributed by atoms with Crippen molar-refractivity contribution in [2.75, 3.05) is 6.61 Å². The molecule has 0 aliphatic rings. The second kappa shape index (κ2) is 4.15. The molecule has 0 aromatic heterocycles. The van der Waals surface area contributed by atoms with Gasteiger partial charge in [0.2, 0.25) is 0 Å². The van der Waals surface area contributed by atoms with E-state index in [1.165, 1.54) is 0 Å². The number of rotatable bonds is 3. The van der Waals surface area contributed by atoms with Crippen LogP contribution < -0.4 is 4.74 Å². The van der Waals surface area contributed by atoms with Crippen molar-refractivity contribution in [1.29, 1.82) is 5.26 Å². The molecule has 2 heteroatoms. The van der Waals surface area contributed by atoms with Gasteiger partial charge in [0.15, 0.2) is 0 Å². The smallest absolute Gasteiger partial charge is 0.122 e. The molecule has 0 spiro atoms. The molecular formula is C12H15NO. The van der Waals surface area contributed by atoms with Gasteiger partial charge in [-0.25, -0.2) is 0 Å². The van der Waals surface area contributed by atoms with Gasteiger partial charge in [0.1, 0.15) is 12.4 Å². The lowest BCUT2D eigenvalue weighted by Crippen LogP contribution is -2.19. The zero-order valence-electron chi connectivity index (χ0n) is 8.87. The molecule has 0 saturated carbocycles. The molecule has 0 aliphatic carbocycles. The fraction of sp³-hybridized carbons (Fsp3) is 0.417. The van der Waals surface area contributed by atoms with Gasteiger partial charge in [0.25, 0.3) is 0 Å². The minimum atomic E-state index is -0.428. The molecule has 0 heterocycles. The molecular weight excluding hydrogens is 174 g/mol. The fourth-order valence-electron chi connectivity index (χ4n) is 1.01. The van der Waals surface area contributed by atoms with E-state index in [0.29, 0.717) is 6.61 Å². The normalized spacial score (nSPS) is 10.7. The molecule has 0 fully saturated rings. The van der Waals surface area contributed by atoms with Crippen molar-refractivity contribution in [3.05, 3.63) is 29.8 Å². The van der Waals surface area contributed by atoms with Crippen LogP contribution in [0.4, 0.5) is 0 Å². The summed E-state index contributed by atoms with van der Waals surface area (Å²) in [6.07, 6.45) is 0. The minimum absolute atomic E-state index is 0.425. The number of hydrogen-bond acceptors (Lipinski definition) is 2. The average molecular weight is 189 g/mol. The van der Waals surface area contributed by atoms with E-state index in [2.05, 4.69) is 6.07 Å². The van der Waals surface area contributed by atoms with Crippen LogP contribution in [0.2, 0.25) is 0 Å². The highest BCUT2D eigenvalue weighted by Crippen LogP contribution is 2.20. The van der Waals surface area contributed by atoms with Crippen molar-refractivity contribution in [3.63, 3.8) is 0 Å². The molecule has 0 radical (unpaired) electrons. The van der Waals surface area contributed by atoms with Gasteiger partial charge in [-0.15, -0.1) is 0 Å². The summed E-state index contributed by atoms with van der Waals surface area (Å²) < 4.78 is 5.57. The molecule has 0 aliphatic heterocycles. The second-order valence-electron chi connectivity index (χ2n) is 4.05. The van der Waals surface area contributed by atoms with Gasteiger partial charge >= 0.3 is 0 Å². The third kappa shape index (κ3) is 2.77. The Morgan fingerprint density at radius 3 is 2.57 bits per heavy atom. The molecule has 0 saturated heterocycles. The van der Waals surface area contributed by atoms with E-state index in [-0.39, 0.29) is 0 Å². The Bertz CT molecular complexity index is 350. The zero-order valence-corrected chi connectivity index (χ0v) is 8.87. The molecule has 74 valence electrons. The monoisotopic (exact) mass is 189 g/mol. The van der Waals surface area contributed by atoms with E-state index in [9.17, 15) is 0 Å². The van der Waals surface area contributed by atoms with Gasteiger partial charge in [-0.1, -0.05) is 18.2 Å². The molecule has 0 N–H and O–H groups in total. The first kappa shape index (κ1) is 10.6. The molecule has 1 rings (SSSR count). The number of para-hydroxylation sites is 1. The number of aryl methyl sites for hydroxylation is 1. The third-order valence-corrected chi connectivity index (χ3v) is 1.98. The van der Waals surface area contributed by atoms with Gasteiger partial charge in [-0.2, -0.15) is 5.26 Å². The SMILES string of the molecule is Cc1ccccc1OCC(C)(C)C#N. The molecule has 0 bridgehead atoms. The highest BCUT2D eigenvalue weighted by atomic mass is 16.5. The Hall–Kier alpha value is -1.49. The highest BCUT2D eigenvalue weighted by molar-refractivity contribution is 5.31. The maximum atomic E-state index is 8.81. The molecule has 0 unspecified atom stereocenters. The quantitative estimate of drug-likeness (QED) is 0.732. The van der Waals surface area contributed by atoms with Crippen LogP contribution in [0.5, 0.6) is 5.75 Å². The molecule has 2 nitrogen and oxygen atoms in total. The Morgan fingerprint density at radius 1 is 1.36 bits per heavy atom. The number of hydrogen-bond donors (Lipinski definition) is 0. The van der Waals surface area contributed by atoms with Gasteiger partial charge < -0.3 is 4.74 Å². The van der Waals surface area contributed by atoms with Crippen molar-refractivity contribution in [2.45, 2.75) is 20.8 Å². The minimum Gasteiger partial charge on any atom is -0.492 e. The Morgan fingerprint density at radius 2 is 2.00 bits per heavy atom. The average Bonchev–Trinajstić information content (AvgIpc) is 2.17. The maximum Gasteiger partial charge on any atom is 0.122 e. The largest absolute Gasteiger partial charge is 0.492 e. The number of benzene rings is 1. The highest BCUT2D eigenvalue weighted by Gasteiger charge is 2.17. The molecule has 0 atom stereocenters. The van der Waals surface area contributed by atoms with Crippen molar-refractivity contribution < 1.29 is 4.74 Å². The summed E-state index contributed by atoms with van der Waals surface area (Å²) in [4.78, 5) is 0. The van der Waals surface area contributed by atoms with Gasteiger partial charge in [0, 0.05) is 0 Å². The maximum absolute atomic E-state index is 8.81. The lowest BCUT2D eigenvalue weighted by atomic mass is 9.98. The summed E-state index contributed by atoms with van der Waals surface area (Å²) in [5.41, 5.74) is 0.670. The van der Waals surface area contributed by atoms with Crippen LogP contribution in [0.25, 0.3) is 0 Å². The predicted octanol–water partition coefficient (Wildman–Crippen LogP) is 2.92. The van der Waals surface area contributed by atoms with Crippen LogP contribution >= 0.6 is 0 Å². The van der Waals surface area contributed by atoms with Gasteiger partial charge in [0.05, 0.1) is 11.5 Å². The van der Waals surface area contributed by atoms with Crippen LogP contribution in [0.1, 0.15) is 19.4 Å². The second-order valence-corrected chi connectivity index (χ2v) is 4.05. The van der Waals surface area contributed by atoms with Crippen molar-refractivity contribution in [2.24, 2.45) is 5.41 Å². The third-order valence-electron chi connectivity index (χ3n) is 1.98. The summed E-state index contributed by atoms with van der Waals surface area (Å²) in [5.74, 6) is 0.857. The number of ether oxygens (including phenoxy) is 1. The molecule has 1 aromatic carbocycles. The van der Waals surface area contributed by atoms with Crippen LogP contribution in [-0.2, 0) is 0 Å². The van der Waals surface area contributed by atoms with Crippen LogP contribution in [0, 0.1) is 23.7 Å². The van der Waals surface area contributed by atoms with Crippen LogP contribution in [0.3, 0.4) is 0 Å². The number of nitrogens with zero attached hydrogens (tertiary/aromatic N) is 1. The number of nitriles is 1. The van der Waals surface area contributed by atoms with E-state index in [1.807, 2.05) is 45.0 Å². The van der Waals surface area contributed by atoms with E-state index in [1.54, 1.807) is 0 Å². The predicted molar refractivity (Wildman–Crippen MR) is 56.1 cm³/mol. The first-order valence-corrected chi connectivity index (χ1v) is 4.65. The molecule has 14 heavy (non-hydrogen) atoms. The first-order valence-electron chi connectivity index (χ1n) is 4.65. The molecule has 0 amide bonds.